The van der Waals surface area contributed by atoms with Crippen molar-refractivity contribution in [3.05, 3.63) is 65.4 Å². The lowest BCUT2D eigenvalue weighted by atomic mass is 9.92. The molecule has 9 heteroatoms. The molecule has 1 aliphatic carbocycles. The van der Waals surface area contributed by atoms with Gasteiger partial charge in [0.2, 0.25) is 10.0 Å². The minimum Gasteiger partial charge on any atom is -0.367 e. The summed E-state index contributed by atoms with van der Waals surface area (Å²) in [7, 11) is -3.54. The fourth-order valence-corrected chi connectivity index (χ4v) is 4.58. The monoisotopic (exact) mass is 438 g/mol. The summed E-state index contributed by atoms with van der Waals surface area (Å²) < 4.78 is 27.8. The van der Waals surface area contributed by atoms with E-state index in [1.807, 2.05) is 31.2 Å². The molecule has 2 aromatic heterocycles. The van der Waals surface area contributed by atoms with Gasteiger partial charge in [-0.15, -0.1) is 10.2 Å². The number of nitrogens with zero attached hydrogens (tertiary/aromatic N) is 3. The highest BCUT2D eigenvalue weighted by atomic mass is 32.2. The van der Waals surface area contributed by atoms with E-state index in [2.05, 4.69) is 30.5 Å². The number of rotatable bonds is 8. The third-order valence-electron chi connectivity index (χ3n) is 5.19. The Balaban J connectivity index is 1.27. The van der Waals surface area contributed by atoms with Crippen LogP contribution in [0.2, 0.25) is 0 Å². The normalized spacial score (nSPS) is 13.5. The molecule has 0 radical (unpaired) electrons. The third kappa shape index (κ3) is 5.56. The van der Waals surface area contributed by atoms with Crippen molar-refractivity contribution >= 4 is 27.5 Å². The van der Waals surface area contributed by atoms with Crippen LogP contribution in [0.15, 0.2) is 53.6 Å². The van der Waals surface area contributed by atoms with E-state index in [1.165, 1.54) is 12.0 Å². The maximum absolute atomic E-state index is 12.6. The van der Waals surface area contributed by atoms with Gasteiger partial charge < -0.3 is 10.6 Å². The molecule has 0 unspecified atom stereocenters. The summed E-state index contributed by atoms with van der Waals surface area (Å²) in [5, 5.41) is 14.4. The summed E-state index contributed by atoms with van der Waals surface area (Å²) in [6.45, 7) is 2.61. The summed E-state index contributed by atoms with van der Waals surface area (Å²) in [4.78, 5) is 4.60. The van der Waals surface area contributed by atoms with E-state index in [9.17, 15) is 8.42 Å². The first-order chi connectivity index (χ1) is 15.0. The van der Waals surface area contributed by atoms with Crippen molar-refractivity contribution in [2.24, 2.45) is 0 Å². The van der Waals surface area contributed by atoms with Gasteiger partial charge in [-0.25, -0.2) is 18.1 Å². The molecule has 0 spiro atoms. The molecular weight excluding hydrogens is 412 g/mol. The fraction of sp³-hybridized carbons (Fsp3) is 0.318. The lowest BCUT2D eigenvalue weighted by molar-refractivity contribution is 0.582. The topological polar surface area (TPSA) is 109 Å². The number of fused-ring (bicyclic) bond motifs is 1. The van der Waals surface area contributed by atoms with Gasteiger partial charge in [0, 0.05) is 19.3 Å². The number of sulfonamides is 1. The third-order valence-corrected chi connectivity index (χ3v) is 6.64. The van der Waals surface area contributed by atoms with Crippen LogP contribution in [0.25, 0.3) is 0 Å². The Morgan fingerprint density at radius 2 is 1.61 bits per heavy atom. The van der Waals surface area contributed by atoms with Crippen molar-refractivity contribution in [2.75, 3.05) is 23.7 Å². The van der Waals surface area contributed by atoms with E-state index >= 15 is 0 Å². The molecule has 8 nitrogen and oxygen atoms in total. The Morgan fingerprint density at radius 3 is 2.35 bits per heavy atom. The molecule has 0 saturated heterocycles. The van der Waals surface area contributed by atoms with Crippen molar-refractivity contribution in [3.8, 4) is 0 Å². The van der Waals surface area contributed by atoms with Gasteiger partial charge >= 0.3 is 0 Å². The van der Waals surface area contributed by atoms with Crippen LogP contribution in [-0.2, 0) is 22.9 Å². The predicted molar refractivity (Wildman–Crippen MR) is 121 cm³/mol. The van der Waals surface area contributed by atoms with Gasteiger partial charge in [0.05, 0.1) is 4.90 Å². The number of aryl methyl sites for hydroxylation is 3. The van der Waals surface area contributed by atoms with Crippen LogP contribution in [-0.4, -0.2) is 36.7 Å². The molecule has 0 amide bonds. The molecule has 162 valence electrons. The minimum absolute atomic E-state index is 0.244. The van der Waals surface area contributed by atoms with Crippen LogP contribution in [0.1, 0.15) is 29.5 Å². The summed E-state index contributed by atoms with van der Waals surface area (Å²) in [5.41, 5.74) is 3.50. The highest BCUT2D eigenvalue weighted by molar-refractivity contribution is 7.89. The molecule has 0 atom stereocenters. The molecule has 0 saturated carbocycles. The number of nitrogens with one attached hydrogen (secondary N) is 3. The molecule has 1 aliphatic rings. The van der Waals surface area contributed by atoms with E-state index in [4.69, 9.17) is 0 Å². The number of pyridine rings is 1. The molecule has 3 aromatic rings. The van der Waals surface area contributed by atoms with Crippen molar-refractivity contribution in [1.29, 1.82) is 0 Å². The molecule has 0 fully saturated rings. The maximum Gasteiger partial charge on any atom is 0.240 e. The zero-order chi connectivity index (χ0) is 21.7. The van der Waals surface area contributed by atoms with Gasteiger partial charge in [-0.2, -0.15) is 0 Å². The van der Waals surface area contributed by atoms with Gasteiger partial charge in [0.1, 0.15) is 11.6 Å². The van der Waals surface area contributed by atoms with Crippen LogP contribution in [0.5, 0.6) is 0 Å². The zero-order valence-electron chi connectivity index (χ0n) is 17.4. The summed E-state index contributed by atoms with van der Waals surface area (Å²) in [6.07, 6.45) is 6.04. The fourth-order valence-electron chi connectivity index (χ4n) is 3.50. The van der Waals surface area contributed by atoms with Crippen LogP contribution in [0.4, 0.5) is 17.5 Å². The zero-order valence-corrected chi connectivity index (χ0v) is 18.2. The van der Waals surface area contributed by atoms with Crippen LogP contribution < -0.4 is 15.4 Å². The first kappa shape index (κ1) is 21.2. The lowest BCUT2D eigenvalue weighted by Gasteiger charge is -2.16. The second-order valence-corrected chi connectivity index (χ2v) is 9.38. The van der Waals surface area contributed by atoms with Gasteiger partial charge in [0.15, 0.2) is 5.82 Å². The quantitative estimate of drug-likeness (QED) is 0.463. The highest BCUT2D eigenvalue weighted by Crippen LogP contribution is 2.24. The number of benzene rings is 1. The largest absolute Gasteiger partial charge is 0.367 e. The molecule has 2 heterocycles. The number of hydrogen-bond acceptors (Lipinski definition) is 7. The minimum atomic E-state index is -3.54. The molecule has 1 aromatic carbocycles. The van der Waals surface area contributed by atoms with Gasteiger partial charge in [-0.1, -0.05) is 12.1 Å². The Morgan fingerprint density at radius 1 is 0.871 bits per heavy atom. The first-order valence-electron chi connectivity index (χ1n) is 10.4. The second-order valence-electron chi connectivity index (χ2n) is 7.61. The Hall–Kier alpha value is -3.04. The van der Waals surface area contributed by atoms with E-state index in [0.29, 0.717) is 28.9 Å². The van der Waals surface area contributed by atoms with Crippen molar-refractivity contribution in [1.82, 2.24) is 19.9 Å². The van der Waals surface area contributed by atoms with Gasteiger partial charge in [0.25, 0.3) is 0 Å². The van der Waals surface area contributed by atoms with E-state index in [0.717, 1.165) is 30.4 Å². The van der Waals surface area contributed by atoms with E-state index in [1.54, 1.807) is 24.4 Å². The molecule has 0 aliphatic heterocycles. The molecule has 4 rings (SSSR count). The van der Waals surface area contributed by atoms with Crippen LogP contribution in [0, 0.1) is 6.92 Å². The Labute approximate surface area is 182 Å². The van der Waals surface area contributed by atoms with E-state index in [-0.39, 0.29) is 6.54 Å². The molecule has 3 N–H and O–H groups in total. The van der Waals surface area contributed by atoms with Crippen LogP contribution in [0.3, 0.4) is 0 Å². The number of anilines is 3. The second kappa shape index (κ2) is 9.40. The smallest absolute Gasteiger partial charge is 0.240 e. The van der Waals surface area contributed by atoms with Crippen molar-refractivity contribution in [2.45, 2.75) is 37.5 Å². The average molecular weight is 439 g/mol. The molecular formula is C22H26N6O2S. The summed E-state index contributed by atoms with van der Waals surface area (Å²) >= 11 is 0. The number of aromatic nitrogens is 3. The SMILES string of the molecule is Cc1ccc(Nc2ccc(NCCNS(=O)(=O)c3ccc4c(c3)CCCC4)nn2)nc1. The van der Waals surface area contributed by atoms with Crippen molar-refractivity contribution in [3.63, 3.8) is 0 Å². The Kier molecular flexibility index (Phi) is 6.43. The highest BCUT2D eigenvalue weighted by Gasteiger charge is 2.17. The Bertz CT molecular complexity index is 1130. The number of hydrogen-bond donors (Lipinski definition) is 3. The van der Waals surface area contributed by atoms with Crippen LogP contribution >= 0.6 is 0 Å². The molecule has 31 heavy (non-hydrogen) atoms. The van der Waals surface area contributed by atoms with E-state index < -0.39 is 10.0 Å². The maximum atomic E-state index is 12.6. The van der Waals surface area contributed by atoms with Gasteiger partial charge in [-0.3, -0.25) is 0 Å². The standard InChI is InChI=1S/C22H26N6O2S/c1-16-6-9-20(24-15-16)26-22-11-10-21(27-28-22)23-12-13-25-31(29,30)19-8-7-17-4-2-3-5-18(17)14-19/h6-11,14-15,25H,2-5,12-13H2,1H3,(H,23,27)(H,24,26,28). The average Bonchev–Trinajstić information content (AvgIpc) is 2.79. The lowest BCUT2D eigenvalue weighted by Crippen LogP contribution is -2.29. The first-order valence-corrected chi connectivity index (χ1v) is 11.9. The predicted octanol–water partition coefficient (Wildman–Crippen LogP) is 3.19. The summed E-state index contributed by atoms with van der Waals surface area (Å²) in [5.74, 6) is 1.84. The van der Waals surface area contributed by atoms with Crippen molar-refractivity contribution < 1.29 is 8.42 Å². The molecule has 0 bridgehead atoms. The summed E-state index contributed by atoms with van der Waals surface area (Å²) in [6, 6.07) is 12.8. The van der Waals surface area contributed by atoms with Gasteiger partial charge in [-0.05, 0) is 79.6 Å².